The van der Waals surface area contributed by atoms with Gasteiger partial charge in [-0.25, -0.2) is 4.98 Å². The molecule has 1 aromatic rings. The number of rotatable bonds is 6. The van der Waals surface area contributed by atoms with Gasteiger partial charge in [-0.1, -0.05) is 6.92 Å². The molecule has 0 saturated heterocycles. The minimum Gasteiger partial charge on any atom is -0.368 e. The van der Waals surface area contributed by atoms with Crippen molar-refractivity contribution in [1.29, 1.82) is 0 Å². The number of carbonyl (C=O) groups excluding carboxylic acids is 1. The number of amides is 1. The molecule has 1 aliphatic rings. The Morgan fingerprint density at radius 3 is 3.00 bits per heavy atom. The van der Waals surface area contributed by atoms with Crippen LogP contribution in [0.5, 0.6) is 0 Å². The van der Waals surface area contributed by atoms with Crippen LogP contribution in [0.25, 0.3) is 0 Å². The minimum atomic E-state index is -0.563. The Hall–Kier alpha value is -1.36. The van der Waals surface area contributed by atoms with Gasteiger partial charge in [0.25, 0.3) is 0 Å². The van der Waals surface area contributed by atoms with Gasteiger partial charge in [0.05, 0.1) is 5.54 Å². The predicted molar refractivity (Wildman–Crippen MR) is 79.3 cm³/mol. The number of primary amides is 1. The highest BCUT2D eigenvalue weighted by Gasteiger charge is 2.45. The number of imidazole rings is 1. The van der Waals surface area contributed by atoms with Crippen LogP contribution < -0.4 is 11.1 Å². The van der Waals surface area contributed by atoms with Crippen LogP contribution in [0.4, 0.5) is 0 Å². The second kappa shape index (κ2) is 5.95. The molecule has 2 unspecified atom stereocenters. The molecule has 112 valence electrons. The van der Waals surface area contributed by atoms with E-state index in [9.17, 15) is 4.79 Å². The third kappa shape index (κ3) is 2.87. The molecular formula is C15H26N4O. The summed E-state index contributed by atoms with van der Waals surface area (Å²) in [6, 6.07) is 0.567. The van der Waals surface area contributed by atoms with Crippen LogP contribution in [0, 0.1) is 0 Å². The first kappa shape index (κ1) is 15.0. The fourth-order valence-electron chi connectivity index (χ4n) is 3.33. The van der Waals surface area contributed by atoms with Crippen molar-refractivity contribution in [2.75, 3.05) is 0 Å². The molecule has 3 N–H and O–H groups in total. The Morgan fingerprint density at radius 1 is 1.65 bits per heavy atom. The number of carbonyl (C=O) groups is 1. The number of aromatic nitrogens is 2. The standard InChI is InChI=1S/C15H26N4O/c1-4-5-13-17-8-9-19(13)12-6-7-15(10-12,14(16)20)18-11(2)3/h8-9,11-12,18H,4-7,10H2,1-3H3,(H2,16,20). The zero-order chi connectivity index (χ0) is 14.8. The lowest BCUT2D eigenvalue weighted by Gasteiger charge is -2.30. The Labute approximate surface area is 120 Å². The quantitative estimate of drug-likeness (QED) is 0.833. The lowest BCUT2D eigenvalue weighted by Crippen LogP contribution is -2.56. The summed E-state index contributed by atoms with van der Waals surface area (Å²) in [6.45, 7) is 6.26. The summed E-state index contributed by atoms with van der Waals surface area (Å²) in [7, 11) is 0. The largest absolute Gasteiger partial charge is 0.368 e. The van der Waals surface area contributed by atoms with Crippen molar-refractivity contribution in [3.05, 3.63) is 18.2 Å². The number of hydrogen-bond donors (Lipinski definition) is 2. The maximum atomic E-state index is 11.9. The molecule has 1 heterocycles. The predicted octanol–water partition coefficient (Wildman–Crippen LogP) is 1.78. The summed E-state index contributed by atoms with van der Waals surface area (Å²) in [5, 5.41) is 3.39. The smallest absolute Gasteiger partial charge is 0.237 e. The first-order valence-corrected chi connectivity index (χ1v) is 7.58. The van der Waals surface area contributed by atoms with Gasteiger partial charge in [-0.2, -0.15) is 0 Å². The molecule has 1 amide bonds. The van der Waals surface area contributed by atoms with Crippen LogP contribution in [0.1, 0.15) is 58.3 Å². The normalized spacial score (nSPS) is 26.3. The number of nitrogens with zero attached hydrogens (tertiary/aromatic N) is 2. The van der Waals surface area contributed by atoms with Crippen molar-refractivity contribution >= 4 is 5.91 Å². The molecule has 0 radical (unpaired) electrons. The lowest BCUT2D eigenvalue weighted by molar-refractivity contribution is -0.124. The van der Waals surface area contributed by atoms with Gasteiger partial charge >= 0.3 is 0 Å². The van der Waals surface area contributed by atoms with Gasteiger partial charge < -0.3 is 15.6 Å². The van der Waals surface area contributed by atoms with Gasteiger partial charge in [-0.05, 0) is 39.5 Å². The van der Waals surface area contributed by atoms with Crippen LogP contribution in [0.2, 0.25) is 0 Å². The van der Waals surface area contributed by atoms with Gasteiger partial charge in [0, 0.05) is 30.9 Å². The number of hydrogen-bond acceptors (Lipinski definition) is 3. The number of aryl methyl sites for hydroxylation is 1. The molecule has 0 bridgehead atoms. The highest BCUT2D eigenvalue weighted by Crippen LogP contribution is 2.38. The molecule has 1 fully saturated rings. The average molecular weight is 278 g/mol. The molecule has 0 aromatic carbocycles. The summed E-state index contributed by atoms with van der Waals surface area (Å²) < 4.78 is 2.23. The summed E-state index contributed by atoms with van der Waals surface area (Å²) >= 11 is 0. The van der Waals surface area contributed by atoms with Crippen LogP contribution in [-0.4, -0.2) is 27.0 Å². The maximum absolute atomic E-state index is 11.9. The van der Waals surface area contributed by atoms with E-state index < -0.39 is 5.54 Å². The van der Waals surface area contributed by atoms with Crippen molar-refractivity contribution in [3.8, 4) is 0 Å². The highest BCUT2D eigenvalue weighted by molar-refractivity contribution is 5.85. The van der Waals surface area contributed by atoms with Crippen molar-refractivity contribution in [2.45, 2.75) is 70.5 Å². The molecule has 2 atom stereocenters. The SMILES string of the molecule is CCCc1nccn1C1CCC(NC(C)C)(C(N)=O)C1. The van der Waals surface area contributed by atoms with Gasteiger partial charge in [-0.3, -0.25) is 4.79 Å². The Kier molecular flexibility index (Phi) is 4.48. The van der Waals surface area contributed by atoms with E-state index in [2.05, 4.69) is 35.6 Å². The summed E-state index contributed by atoms with van der Waals surface area (Å²) in [6.07, 6.45) is 8.46. The van der Waals surface area contributed by atoms with Crippen molar-refractivity contribution < 1.29 is 4.79 Å². The fourth-order valence-corrected chi connectivity index (χ4v) is 3.33. The van der Waals surface area contributed by atoms with E-state index in [0.29, 0.717) is 6.04 Å². The number of nitrogens with two attached hydrogens (primary N) is 1. The third-order valence-corrected chi connectivity index (χ3v) is 4.14. The lowest BCUT2D eigenvalue weighted by atomic mass is 9.95. The van der Waals surface area contributed by atoms with E-state index in [1.807, 2.05) is 12.4 Å². The summed E-state index contributed by atoms with van der Waals surface area (Å²) in [5.74, 6) is 0.883. The van der Waals surface area contributed by atoms with Gasteiger partial charge in [0.1, 0.15) is 5.82 Å². The first-order valence-electron chi connectivity index (χ1n) is 7.58. The van der Waals surface area contributed by atoms with E-state index >= 15 is 0 Å². The molecule has 1 aromatic heterocycles. The van der Waals surface area contributed by atoms with Crippen LogP contribution in [0.3, 0.4) is 0 Å². The van der Waals surface area contributed by atoms with Gasteiger partial charge in [0.2, 0.25) is 5.91 Å². The van der Waals surface area contributed by atoms with Crippen molar-refractivity contribution in [3.63, 3.8) is 0 Å². The maximum Gasteiger partial charge on any atom is 0.237 e. The molecule has 0 spiro atoms. The minimum absolute atomic E-state index is 0.231. The van der Waals surface area contributed by atoms with Gasteiger partial charge in [0.15, 0.2) is 0 Å². The monoisotopic (exact) mass is 278 g/mol. The Bertz CT molecular complexity index is 468. The van der Waals surface area contributed by atoms with E-state index in [0.717, 1.165) is 37.9 Å². The molecule has 1 saturated carbocycles. The van der Waals surface area contributed by atoms with Crippen molar-refractivity contribution in [1.82, 2.24) is 14.9 Å². The van der Waals surface area contributed by atoms with Crippen LogP contribution in [0.15, 0.2) is 12.4 Å². The molecule has 5 heteroatoms. The van der Waals surface area contributed by atoms with E-state index in [4.69, 9.17) is 5.73 Å². The summed E-state index contributed by atoms with van der Waals surface area (Å²) in [4.78, 5) is 16.4. The second-order valence-corrected chi connectivity index (χ2v) is 6.14. The molecular weight excluding hydrogens is 252 g/mol. The molecule has 0 aliphatic heterocycles. The first-order chi connectivity index (χ1) is 9.48. The second-order valence-electron chi connectivity index (χ2n) is 6.14. The van der Waals surface area contributed by atoms with E-state index in [1.54, 1.807) is 0 Å². The fraction of sp³-hybridized carbons (Fsp3) is 0.733. The zero-order valence-electron chi connectivity index (χ0n) is 12.7. The van der Waals surface area contributed by atoms with E-state index in [-0.39, 0.29) is 11.9 Å². The number of nitrogens with one attached hydrogen (secondary N) is 1. The van der Waals surface area contributed by atoms with Crippen molar-refractivity contribution in [2.24, 2.45) is 5.73 Å². The summed E-state index contributed by atoms with van der Waals surface area (Å²) in [5.41, 5.74) is 5.10. The Balaban J connectivity index is 2.17. The van der Waals surface area contributed by atoms with Crippen LogP contribution >= 0.6 is 0 Å². The van der Waals surface area contributed by atoms with Gasteiger partial charge in [-0.15, -0.1) is 0 Å². The zero-order valence-corrected chi connectivity index (χ0v) is 12.7. The molecule has 5 nitrogen and oxygen atoms in total. The Morgan fingerprint density at radius 2 is 2.40 bits per heavy atom. The topological polar surface area (TPSA) is 72.9 Å². The molecule has 20 heavy (non-hydrogen) atoms. The molecule has 1 aliphatic carbocycles. The van der Waals surface area contributed by atoms with Crippen LogP contribution in [-0.2, 0) is 11.2 Å². The molecule has 2 rings (SSSR count). The van der Waals surface area contributed by atoms with E-state index in [1.165, 1.54) is 0 Å². The highest BCUT2D eigenvalue weighted by atomic mass is 16.1. The average Bonchev–Trinajstić information content (AvgIpc) is 2.96. The third-order valence-electron chi connectivity index (χ3n) is 4.14.